The monoisotopic (exact) mass is 308 g/mol. The van der Waals surface area contributed by atoms with Crippen molar-refractivity contribution in [3.05, 3.63) is 35.4 Å². The van der Waals surface area contributed by atoms with Gasteiger partial charge < -0.3 is 4.74 Å². The summed E-state index contributed by atoms with van der Waals surface area (Å²) in [7, 11) is 0. The fraction of sp³-hybridized carbons (Fsp3) is 0.533. The summed E-state index contributed by atoms with van der Waals surface area (Å²) in [5, 5.41) is 0. The highest BCUT2D eigenvalue weighted by Crippen LogP contribution is 2.42. The average molecular weight is 309 g/mol. The number of benzene rings is 1. The molecule has 2 atom stereocenters. The fourth-order valence-corrected chi connectivity index (χ4v) is 4.08. The first kappa shape index (κ1) is 12.2. The first-order chi connectivity index (χ1) is 8.77. The van der Waals surface area contributed by atoms with E-state index in [0.717, 1.165) is 5.56 Å². The van der Waals surface area contributed by atoms with Crippen LogP contribution in [0.25, 0.3) is 0 Å². The number of hydrogen-bond donors (Lipinski definition) is 0. The number of rotatable bonds is 1. The Bertz CT molecular complexity index is 452. The van der Waals surface area contributed by atoms with Gasteiger partial charge in [-0.2, -0.15) is 0 Å². The molecule has 0 N–H and O–H groups in total. The largest absolute Gasteiger partial charge is 0.457 e. The molecule has 0 radical (unpaired) electrons. The number of alkyl halides is 1. The molecular weight excluding hydrogens is 292 g/mol. The minimum absolute atomic E-state index is 0.00713. The Morgan fingerprint density at radius 1 is 1.11 bits per heavy atom. The van der Waals surface area contributed by atoms with Crippen LogP contribution < -0.4 is 0 Å². The molecule has 96 valence electrons. The van der Waals surface area contributed by atoms with Crippen LogP contribution in [0.2, 0.25) is 0 Å². The van der Waals surface area contributed by atoms with Crippen LogP contribution in [0.5, 0.6) is 0 Å². The number of hydrogen-bond acceptors (Lipinski definition) is 2. The number of cyclic esters (lactones) is 1. The van der Waals surface area contributed by atoms with Crippen LogP contribution >= 0.6 is 15.9 Å². The van der Waals surface area contributed by atoms with Gasteiger partial charge in [-0.1, -0.05) is 53.4 Å². The third-order valence-electron chi connectivity index (χ3n) is 4.12. The van der Waals surface area contributed by atoms with Crippen molar-refractivity contribution < 1.29 is 9.53 Å². The molecule has 1 aliphatic carbocycles. The van der Waals surface area contributed by atoms with Crippen molar-refractivity contribution in [2.75, 3.05) is 0 Å². The highest BCUT2D eigenvalue weighted by molar-refractivity contribution is 9.09. The van der Waals surface area contributed by atoms with E-state index in [2.05, 4.69) is 15.9 Å². The van der Waals surface area contributed by atoms with Crippen molar-refractivity contribution >= 4 is 21.9 Å². The van der Waals surface area contributed by atoms with Gasteiger partial charge in [0.1, 0.15) is 6.10 Å². The van der Waals surface area contributed by atoms with Gasteiger partial charge in [-0.25, -0.2) is 4.79 Å². The molecule has 3 rings (SSSR count). The van der Waals surface area contributed by atoms with E-state index in [4.69, 9.17) is 4.74 Å². The zero-order valence-electron chi connectivity index (χ0n) is 10.3. The summed E-state index contributed by atoms with van der Waals surface area (Å²) < 4.78 is 5.68. The molecule has 2 nitrogen and oxygen atoms in total. The fourth-order valence-electron chi connectivity index (χ4n) is 3.15. The minimum atomic E-state index is -0.156. The molecular formula is C15H17BrO2. The molecule has 1 aromatic carbocycles. The zero-order chi connectivity index (χ0) is 12.5. The van der Waals surface area contributed by atoms with E-state index in [9.17, 15) is 4.79 Å². The van der Waals surface area contributed by atoms with Crippen molar-refractivity contribution in [1.82, 2.24) is 0 Å². The van der Waals surface area contributed by atoms with E-state index in [1.165, 1.54) is 32.1 Å². The summed E-state index contributed by atoms with van der Waals surface area (Å²) in [6.45, 7) is 0. The molecule has 1 heterocycles. The Morgan fingerprint density at radius 3 is 2.61 bits per heavy atom. The predicted molar refractivity (Wildman–Crippen MR) is 73.9 cm³/mol. The molecule has 2 aliphatic rings. The number of carbonyl (C=O) groups excluding carboxylic acids is 1. The molecule has 1 aliphatic heterocycles. The molecule has 0 saturated heterocycles. The summed E-state index contributed by atoms with van der Waals surface area (Å²) in [5.74, 6) is 0.359. The second-order valence-corrected chi connectivity index (χ2v) is 6.24. The lowest BCUT2D eigenvalue weighted by atomic mass is 9.81. The van der Waals surface area contributed by atoms with Gasteiger partial charge in [0.15, 0.2) is 0 Å². The quantitative estimate of drug-likeness (QED) is 0.573. The maximum Gasteiger partial charge on any atom is 0.338 e. The van der Waals surface area contributed by atoms with Crippen molar-refractivity contribution in [2.45, 2.75) is 43.0 Å². The molecule has 1 aromatic rings. The van der Waals surface area contributed by atoms with E-state index in [0.29, 0.717) is 11.5 Å². The third-order valence-corrected chi connectivity index (χ3v) is 5.14. The van der Waals surface area contributed by atoms with Gasteiger partial charge in [-0.05, 0) is 30.4 Å². The maximum atomic E-state index is 12.0. The van der Waals surface area contributed by atoms with Crippen LogP contribution in [0.1, 0.15) is 52.9 Å². The van der Waals surface area contributed by atoms with E-state index in [1.807, 2.05) is 24.3 Å². The van der Waals surface area contributed by atoms with Crippen LogP contribution in [0, 0.1) is 5.92 Å². The molecule has 0 spiro atoms. The Kier molecular flexibility index (Phi) is 3.42. The summed E-state index contributed by atoms with van der Waals surface area (Å²) in [6, 6.07) is 7.76. The maximum absolute atomic E-state index is 12.0. The minimum Gasteiger partial charge on any atom is -0.457 e. The highest BCUT2D eigenvalue weighted by Gasteiger charge is 2.38. The van der Waals surface area contributed by atoms with Gasteiger partial charge in [0.05, 0.1) is 10.4 Å². The second-order valence-electron chi connectivity index (χ2n) is 5.26. The van der Waals surface area contributed by atoms with Gasteiger partial charge in [-0.15, -0.1) is 0 Å². The Balaban J connectivity index is 1.89. The van der Waals surface area contributed by atoms with Gasteiger partial charge in [0, 0.05) is 0 Å². The molecule has 3 heteroatoms. The Labute approximate surface area is 116 Å². The highest BCUT2D eigenvalue weighted by atomic mass is 79.9. The average Bonchev–Trinajstić information content (AvgIpc) is 2.44. The number of fused-ring (bicyclic) bond motifs is 1. The lowest BCUT2D eigenvalue weighted by molar-refractivity contribution is 0.00228. The topological polar surface area (TPSA) is 26.3 Å². The number of halogens is 1. The summed E-state index contributed by atoms with van der Waals surface area (Å²) >= 11 is 3.74. The number of carbonyl (C=O) groups is 1. The van der Waals surface area contributed by atoms with Crippen molar-refractivity contribution in [2.24, 2.45) is 5.92 Å². The lowest BCUT2D eigenvalue weighted by Gasteiger charge is -2.36. The van der Waals surface area contributed by atoms with E-state index >= 15 is 0 Å². The number of ether oxygens (including phenoxy) is 1. The third kappa shape index (κ3) is 2.09. The second kappa shape index (κ2) is 5.04. The van der Waals surface area contributed by atoms with Crippen LogP contribution in [-0.4, -0.2) is 12.1 Å². The molecule has 1 fully saturated rings. The summed E-state index contributed by atoms with van der Waals surface area (Å²) in [6.07, 6.45) is 6.22. The molecule has 0 amide bonds. The lowest BCUT2D eigenvalue weighted by Crippen LogP contribution is -2.36. The van der Waals surface area contributed by atoms with Crippen LogP contribution in [0.15, 0.2) is 24.3 Å². The standard InChI is InChI=1S/C15H17BrO2/c16-13-11-8-4-5-9-12(11)15(17)18-14(13)10-6-2-1-3-7-10/h4-5,8-10,13-14H,1-3,6-7H2. The first-order valence-electron chi connectivity index (χ1n) is 6.71. The van der Waals surface area contributed by atoms with Gasteiger partial charge >= 0.3 is 5.97 Å². The van der Waals surface area contributed by atoms with Crippen LogP contribution in [-0.2, 0) is 4.74 Å². The SMILES string of the molecule is O=C1OC(C2CCCCC2)C(Br)c2ccccc21. The predicted octanol–water partition coefficient (Wildman–Crippen LogP) is 4.24. The zero-order valence-corrected chi connectivity index (χ0v) is 11.9. The molecule has 0 aromatic heterocycles. The smallest absolute Gasteiger partial charge is 0.338 e. The number of esters is 1. The Morgan fingerprint density at radius 2 is 1.83 bits per heavy atom. The van der Waals surface area contributed by atoms with E-state index in [1.54, 1.807) is 0 Å². The van der Waals surface area contributed by atoms with Gasteiger partial charge in [-0.3, -0.25) is 0 Å². The van der Waals surface area contributed by atoms with Gasteiger partial charge in [0.2, 0.25) is 0 Å². The first-order valence-corrected chi connectivity index (χ1v) is 7.63. The van der Waals surface area contributed by atoms with E-state index < -0.39 is 0 Å². The van der Waals surface area contributed by atoms with Gasteiger partial charge in [0.25, 0.3) is 0 Å². The van der Waals surface area contributed by atoms with E-state index in [-0.39, 0.29) is 16.9 Å². The molecule has 0 bridgehead atoms. The molecule has 2 unspecified atom stereocenters. The Hall–Kier alpha value is -0.830. The van der Waals surface area contributed by atoms with Crippen molar-refractivity contribution in [3.8, 4) is 0 Å². The summed E-state index contributed by atoms with van der Waals surface area (Å²) in [5.41, 5.74) is 1.80. The molecule has 18 heavy (non-hydrogen) atoms. The van der Waals surface area contributed by atoms with Crippen molar-refractivity contribution in [1.29, 1.82) is 0 Å². The molecule has 1 saturated carbocycles. The summed E-state index contributed by atoms with van der Waals surface area (Å²) in [4.78, 5) is 12.2. The normalized spacial score (nSPS) is 28.6. The van der Waals surface area contributed by atoms with Crippen LogP contribution in [0.3, 0.4) is 0 Å². The van der Waals surface area contributed by atoms with Crippen LogP contribution in [0.4, 0.5) is 0 Å². The van der Waals surface area contributed by atoms with Crippen molar-refractivity contribution in [3.63, 3.8) is 0 Å².